The van der Waals surface area contributed by atoms with Crippen molar-refractivity contribution in [3.05, 3.63) is 29.8 Å². The number of hydrogen-bond acceptors (Lipinski definition) is 3. The van der Waals surface area contributed by atoms with E-state index in [0.29, 0.717) is 18.6 Å². The van der Waals surface area contributed by atoms with Gasteiger partial charge in [-0.15, -0.1) is 0 Å². The third-order valence-electron chi connectivity index (χ3n) is 4.23. The van der Waals surface area contributed by atoms with Crippen molar-refractivity contribution in [2.75, 3.05) is 20.3 Å². The van der Waals surface area contributed by atoms with Crippen LogP contribution in [0, 0.1) is 0 Å². The number of aliphatic hydroxyl groups is 1. The fourth-order valence-corrected chi connectivity index (χ4v) is 2.94. The number of ether oxygens (including phenoxy) is 1. The Hall–Kier alpha value is -1.06. The highest BCUT2D eigenvalue weighted by Gasteiger charge is 2.31. The van der Waals surface area contributed by atoms with E-state index in [1.165, 1.54) is 31.2 Å². The van der Waals surface area contributed by atoms with Gasteiger partial charge in [-0.2, -0.15) is 0 Å². The highest BCUT2D eigenvalue weighted by Crippen LogP contribution is 2.40. The normalized spacial score (nSPS) is 21.5. The summed E-state index contributed by atoms with van der Waals surface area (Å²) in [6.07, 6.45) is 6.96. The van der Waals surface area contributed by atoms with Crippen molar-refractivity contribution in [1.29, 1.82) is 0 Å². The van der Waals surface area contributed by atoms with Crippen LogP contribution in [0.5, 0.6) is 5.75 Å². The number of benzene rings is 1. The number of hydrogen-bond donors (Lipinski definition) is 2. The zero-order valence-electron chi connectivity index (χ0n) is 12.5. The third-order valence-corrected chi connectivity index (χ3v) is 4.23. The summed E-state index contributed by atoms with van der Waals surface area (Å²) < 4.78 is 5.43. The van der Waals surface area contributed by atoms with Gasteiger partial charge in [-0.25, -0.2) is 0 Å². The number of aliphatic hydroxyl groups excluding tert-OH is 1. The number of rotatable bonds is 9. The topological polar surface area (TPSA) is 41.5 Å². The number of methoxy groups -OCH3 is 1. The molecule has 0 bridgehead atoms. The Morgan fingerprint density at radius 1 is 1.15 bits per heavy atom. The molecule has 0 aliphatic heterocycles. The molecule has 2 N–H and O–H groups in total. The summed E-state index contributed by atoms with van der Waals surface area (Å²) in [5, 5.41) is 12.3. The van der Waals surface area contributed by atoms with Crippen LogP contribution >= 0.6 is 0 Å². The first kappa shape index (κ1) is 15.3. The quantitative estimate of drug-likeness (QED) is 0.682. The summed E-state index contributed by atoms with van der Waals surface area (Å²) in [6, 6.07) is 9.04. The standard InChI is InChI=1S/C17H27NO2/c1-20-17-9-5-4-8-16(17)14-12-15(13-14)18-10-6-2-3-7-11-19/h4-5,8-9,14-15,18-19H,2-3,6-7,10-13H2,1H3. The lowest BCUT2D eigenvalue weighted by molar-refractivity contribution is 0.274. The van der Waals surface area contributed by atoms with Crippen molar-refractivity contribution in [2.45, 2.75) is 50.5 Å². The van der Waals surface area contributed by atoms with Crippen LogP contribution < -0.4 is 10.1 Å². The van der Waals surface area contributed by atoms with Gasteiger partial charge in [0.15, 0.2) is 0 Å². The molecular formula is C17H27NO2. The second-order valence-electron chi connectivity index (χ2n) is 5.70. The van der Waals surface area contributed by atoms with Gasteiger partial charge >= 0.3 is 0 Å². The minimum atomic E-state index is 0.330. The molecule has 0 amide bonds. The SMILES string of the molecule is COc1ccccc1C1CC(NCCCCCCO)C1. The van der Waals surface area contributed by atoms with E-state index in [0.717, 1.165) is 25.1 Å². The van der Waals surface area contributed by atoms with E-state index in [9.17, 15) is 0 Å². The molecule has 2 rings (SSSR count). The maximum absolute atomic E-state index is 8.71. The highest BCUT2D eigenvalue weighted by atomic mass is 16.5. The van der Waals surface area contributed by atoms with Crippen LogP contribution in [0.25, 0.3) is 0 Å². The molecule has 0 spiro atoms. The monoisotopic (exact) mass is 277 g/mol. The second kappa shape index (κ2) is 8.28. The van der Waals surface area contributed by atoms with Crippen LogP contribution in [0.1, 0.15) is 50.0 Å². The molecule has 1 aromatic rings. The van der Waals surface area contributed by atoms with Crippen LogP contribution in [0.3, 0.4) is 0 Å². The summed E-state index contributed by atoms with van der Waals surface area (Å²) in [4.78, 5) is 0. The smallest absolute Gasteiger partial charge is 0.122 e. The predicted octanol–water partition coefficient (Wildman–Crippen LogP) is 3.08. The molecule has 1 fully saturated rings. The molecule has 1 aromatic carbocycles. The first-order valence-corrected chi connectivity index (χ1v) is 7.82. The lowest BCUT2D eigenvalue weighted by atomic mass is 9.75. The van der Waals surface area contributed by atoms with E-state index in [2.05, 4.69) is 23.5 Å². The summed E-state index contributed by atoms with van der Waals surface area (Å²) in [6.45, 7) is 1.44. The van der Waals surface area contributed by atoms with Crippen LogP contribution in [-0.4, -0.2) is 31.4 Å². The van der Waals surface area contributed by atoms with Gasteiger partial charge in [-0.3, -0.25) is 0 Å². The van der Waals surface area contributed by atoms with E-state index < -0.39 is 0 Å². The summed E-state index contributed by atoms with van der Waals surface area (Å²) in [5.41, 5.74) is 1.36. The Morgan fingerprint density at radius 2 is 1.90 bits per heavy atom. The molecule has 0 saturated heterocycles. The van der Waals surface area contributed by atoms with Gasteiger partial charge in [0, 0.05) is 12.6 Å². The molecule has 0 aromatic heterocycles. The molecule has 112 valence electrons. The Balaban J connectivity index is 1.62. The predicted molar refractivity (Wildman–Crippen MR) is 82.3 cm³/mol. The Morgan fingerprint density at radius 3 is 2.65 bits per heavy atom. The van der Waals surface area contributed by atoms with Gasteiger partial charge in [0.2, 0.25) is 0 Å². The summed E-state index contributed by atoms with van der Waals surface area (Å²) in [5.74, 6) is 1.68. The van der Waals surface area contributed by atoms with Crippen molar-refractivity contribution in [1.82, 2.24) is 5.32 Å². The fourth-order valence-electron chi connectivity index (χ4n) is 2.94. The van der Waals surface area contributed by atoms with Crippen molar-refractivity contribution < 1.29 is 9.84 Å². The molecular weight excluding hydrogens is 250 g/mol. The van der Waals surface area contributed by atoms with Crippen molar-refractivity contribution in [3.63, 3.8) is 0 Å². The van der Waals surface area contributed by atoms with Crippen molar-refractivity contribution >= 4 is 0 Å². The maximum atomic E-state index is 8.71. The Bertz CT molecular complexity index is 388. The van der Waals surface area contributed by atoms with E-state index >= 15 is 0 Å². The number of unbranched alkanes of at least 4 members (excludes halogenated alkanes) is 3. The third kappa shape index (κ3) is 4.22. The van der Waals surface area contributed by atoms with Gasteiger partial charge in [-0.1, -0.05) is 31.0 Å². The molecule has 3 nitrogen and oxygen atoms in total. The Kier molecular flexibility index (Phi) is 6.34. The lowest BCUT2D eigenvalue weighted by Crippen LogP contribution is -2.40. The van der Waals surface area contributed by atoms with Gasteiger partial charge in [0.1, 0.15) is 5.75 Å². The van der Waals surface area contributed by atoms with Gasteiger partial charge < -0.3 is 15.2 Å². The molecule has 0 unspecified atom stereocenters. The first-order chi connectivity index (χ1) is 9.85. The number of para-hydroxylation sites is 1. The molecule has 1 aliphatic rings. The minimum absolute atomic E-state index is 0.330. The Labute approximate surface area is 122 Å². The van der Waals surface area contributed by atoms with Crippen molar-refractivity contribution in [2.24, 2.45) is 0 Å². The average Bonchev–Trinajstić information content (AvgIpc) is 2.44. The van der Waals surface area contributed by atoms with Gasteiger partial charge in [0.05, 0.1) is 7.11 Å². The molecule has 3 heteroatoms. The van der Waals surface area contributed by atoms with Crippen LogP contribution in [0.4, 0.5) is 0 Å². The molecule has 0 atom stereocenters. The van der Waals surface area contributed by atoms with Gasteiger partial charge in [-0.05, 0) is 49.8 Å². The van der Waals surface area contributed by atoms with E-state index in [4.69, 9.17) is 9.84 Å². The van der Waals surface area contributed by atoms with E-state index in [1.807, 2.05) is 6.07 Å². The van der Waals surface area contributed by atoms with Crippen LogP contribution in [0.2, 0.25) is 0 Å². The molecule has 0 radical (unpaired) electrons. The van der Waals surface area contributed by atoms with E-state index in [-0.39, 0.29) is 0 Å². The molecule has 1 saturated carbocycles. The second-order valence-corrected chi connectivity index (χ2v) is 5.70. The van der Waals surface area contributed by atoms with Gasteiger partial charge in [0.25, 0.3) is 0 Å². The zero-order chi connectivity index (χ0) is 14.2. The minimum Gasteiger partial charge on any atom is -0.496 e. The number of nitrogens with one attached hydrogen (secondary N) is 1. The van der Waals surface area contributed by atoms with Crippen LogP contribution in [0.15, 0.2) is 24.3 Å². The van der Waals surface area contributed by atoms with Crippen molar-refractivity contribution in [3.8, 4) is 5.75 Å². The average molecular weight is 277 g/mol. The first-order valence-electron chi connectivity index (χ1n) is 7.82. The fraction of sp³-hybridized carbons (Fsp3) is 0.647. The lowest BCUT2D eigenvalue weighted by Gasteiger charge is -2.37. The van der Waals surface area contributed by atoms with Crippen LogP contribution in [-0.2, 0) is 0 Å². The summed E-state index contributed by atoms with van der Waals surface area (Å²) in [7, 11) is 1.75. The summed E-state index contributed by atoms with van der Waals surface area (Å²) >= 11 is 0. The largest absolute Gasteiger partial charge is 0.496 e. The maximum Gasteiger partial charge on any atom is 0.122 e. The molecule has 0 heterocycles. The highest BCUT2D eigenvalue weighted by molar-refractivity contribution is 5.37. The zero-order valence-corrected chi connectivity index (χ0v) is 12.5. The van der Waals surface area contributed by atoms with E-state index in [1.54, 1.807) is 7.11 Å². The molecule has 20 heavy (non-hydrogen) atoms. The molecule has 1 aliphatic carbocycles.